The second-order valence-corrected chi connectivity index (χ2v) is 4.68. The van der Waals surface area contributed by atoms with Gasteiger partial charge in [0.2, 0.25) is 5.82 Å². The first kappa shape index (κ1) is 14.3. The Bertz CT molecular complexity index is 382. The fourth-order valence-electron chi connectivity index (χ4n) is 1.39. The zero-order chi connectivity index (χ0) is 12.8. The van der Waals surface area contributed by atoms with Gasteiger partial charge < -0.3 is 25.1 Å². The van der Waals surface area contributed by atoms with Gasteiger partial charge in [-0.05, 0) is 9.91 Å². The van der Waals surface area contributed by atoms with Crippen LogP contribution in [-0.2, 0) is 6.54 Å². The molecule has 0 spiro atoms. The van der Waals surface area contributed by atoms with Gasteiger partial charge in [0, 0.05) is 24.4 Å². The van der Waals surface area contributed by atoms with Gasteiger partial charge >= 0.3 is 5.82 Å². The van der Waals surface area contributed by atoms with Gasteiger partial charge in [-0.1, -0.05) is 22.6 Å². The number of aliphatic hydroxyl groups is 1. The number of aliphatic hydroxyl groups excluding tert-OH is 1. The standard InChI is InChI=1S/C9H15IN4O3/c1-7-12-9(14(16)17)6-13(7)5-8(15)4-11-3-2-10/h6,8,11,15H,2-5H2,1H3. The van der Waals surface area contributed by atoms with E-state index in [0.717, 1.165) is 11.0 Å². The van der Waals surface area contributed by atoms with Crippen LogP contribution >= 0.6 is 22.6 Å². The van der Waals surface area contributed by atoms with Gasteiger partial charge in [0.1, 0.15) is 6.20 Å². The molecule has 17 heavy (non-hydrogen) atoms. The Balaban J connectivity index is 2.52. The molecule has 1 rings (SSSR count). The lowest BCUT2D eigenvalue weighted by Crippen LogP contribution is -2.31. The van der Waals surface area contributed by atoms with Gasteiger partial charge in [-0.15, -0.1) is 0 Å². The van der Waals surface area contributed by atoms with Crippen LogP contribution < -0.4 is 5.32 Å². The molecule has 0 fully saturated rings. The zero-order valence-electron chi connectivity index (χ0n) is 9.47. The monoisotopic (exact) mass is 354 g/mol. The Hall–Kier alpha value is -0.740. The molecule has 96 valence electrons. The zero-order valence-corrected chi connectivity index (χ0v) is 11.6. The van der Waals surface area contributed by atoms with E-state index in [1.807, 2.05) is 0 Å². The first-order chi connectivity index (χ1) is 8.04. The molecule has 1 atom stereocenters. The van der Waals surface area contributed by atoms with Gasteiger partial charge in [0.05, 0.1) is 12.6 Å². The summed E-state index contributed by atoms with van der Waals surface area (Å²) in [6.45, 7) is 3.29. The maximum atomic E-state index is 10.5. The lowest BCUT2D eigenvalue weighted by molar-refractivity contribution is -0.389. The molecule has 0 aliphatic heterocycles. The quantitative estimate of drug-likeness (QED) is 0.244. The van der Waals surface area contributed by atoms with Crippen molar-refractivity contribution >= 4 is 28.4 Å². The van der Waals surface area contributed by atoms with Crippen molar-refractivity contribution in [1.29, 1.82) is 0 Å². The third-order valence-electron chi connectivity index (χ3n) is 2.21. The SMILES string of the molecule is Cc1nc([N+](=O)[O-])cn1CC(O)CNCCI. The van der Waals surface area contributed by atoms with Crippen molar-refractivity contribution in [1.82, 2.24) is 14.9 Å². The predicted octanol–water partition coefficient (Wildman–Crippen LogP) is 0.485. The molecular formula is C9H15IN4O3. The average molecular weight is 354 g/mol. The number of nitrogens with zero attached hydrogens (tertiary/aromatic N) is 3. The number of hydrogen-bond donors (Lipinski definition) is 2. The highest BCUT2D eigenvalue weighted by atomic mass is 127. The van der Waals surface area contributed by atoms with Gasteiger partial charge in [-0.3, -0.25) is 0 Å². The van der Waals surface area contributed by atoms with Crippen molar-refractivity contribution in [3.63, 3.8) is 0 Å². The molecule has 1 aromatic rings. The molecule has 2 N–H and O–H groups in total. The number of rotatable bonds is 7. The van der Waals surface area contributed by atoms with Crippen molar-refractivity contribution in [2.75, 3.05) is 17.5 Å². The number of nitro groups is 1. The van der Waals surface area contributed by atoms with Crippen LogP contribution in [0.2, 0.25) is 0 Å². The Morgan fingerprint density at radius 2 is 2.47 bits per heavy atom. The van der Waals surface area contributed by atoms with Gasteiger partial charge in [0.15, 0.2) is 0 Å². The molecule has 7 nitrogen and oxygen atoms in total. The maximum Gasteiger partial charge on any atom is 0.381 e. The number of aromatic nitrogens is 2. The maximum absolute atomic E-state index is 10.5. The fourth-order valence-corrected chi connectivity index (χ4v) is 1.77. The average Bonchev–Trinajstić information content (AvgIpc) is 2.61. The minimum atomic E-state index is -0.578. The van der Waals surface area contributed by atoms with Crippen molar-refractivity contribution in [2.24, 2.45) is 0 Å². The number of alkyl halides is 1. The highest BCUT2D eigenvalue weighted by molar-refractivity contribution is 14.1. The smallest absolute Gasteiger partial charge is 0.381 e. The summed E-state index contributed by atoms with van der Waals surface area (Å²) in [5, 5.41) is 23.3. The molecule has 0 saturated heterocycles. The number of halogens is 1. The first-order valence-electron chi connectivity index (χ1n) is 5.17. The van der Waals surface area contributed by atoms with Crippen molar-refractivity contribution < 1.29 is 10.0 Å². The van der Waals surface area contributed by atoms with Crippen molar-refractivity contribution in [3.8, 4) is 0 Å². The lowest BCUT2D eigenvalue weighted by Gasteiger charge is -2.11. The molecule has 0 aliphatic rings. The first-order valence-corrected chi connectivity index (χ1v) is 6.70. The summed E-state index contributed by atoms with van der Waals surface area (Å²) in [6.07, 6.45) is 0.766. The second-order valence-electron chi connectivity index (χ2n) is 3.60. The number of nitrogens with one attached hydrogen (secondary N) is 1. The topological polar surface area (TPSA) is 93.2 Å². The Kier molecular flexibility index (Phi) is 5.78. The van der Waals surface area contributed by atoms with E-state index in [1.165, 1.54) is 6.20 Å². The summed E-state index contributed by atoms with van der Waals surface area (Å²) in [5.74, 6) is 0.347. The normalized spacial score (nSPS) is 12.6. The van der Waals surface area contributed by atoms with Crippen LogP contribution in [0.5, 0.6) is 0 Å². The summed E-state index contributed by atoms with van der Waals surface area (Å²) in [5.41, 5.74) is 0. The minimum absolute atomic E-state index is 0.185. The van der Waals surface area contributed by atoms with Gasteiger partial charge in [-0.2, -0.15) is 0 Å². The van der Waals surface area contributed by atoms with Crippen LogP contribution in [0, 0.1) is 17.0 Å². The number of imidazole rings is 1. The van der Waals surface area contributed by atoms with Crippen LogP contribution in [0.4, 0.5) is 5.82 Å². The van der Waals surface area contributed by atoms with Crippen LogP contribution in [0.25, 0.3) is 0 Å². The fraction of sp³-hybridized carbons (Fsp3) is 0.667. The molecule has 1 heterocycles. The summed E-state index contributed by atoms with van der Waals surface area (Å²) in [6, 6.07) is 0. The van der Waals surface area contributed by atoms with Gasteiger partial charge in [0.25, 0.3) is 0 Å². The Morgan fingerprint density at radius 1 is 1.76 bits per heavy atom. The molecule has 0 aromatic carbocycles. The Labute approximate surface area is 113 Å². The highest BCUT2D eigenvalue weighted by Gasteiger charge is 2.16. The summed E-state index contributed by atoms with van der Waals surface area (Å²) >= 11 is 2.24. The van der Waals surface area contributed by atoms with E-state index < -0.39 is 11.0 Å². The molecule has 0 bridgehead atoms. The van der Waals surface area contributed by atoms with E-state index >= 15 is 0 Å². The Morgan fingerprint density at radius 3 is 3.00 bits per heavy atom. The minimum Gasteiger partial charge on any atom is -0.390 e. The third-order valence-corrected chi connectivity index (χ3v) is 2.75. The summed E-state index contributed by atoms with van der Waals surface area (Å²) in [7, 11) is 0. The molecule has 0 amide bonds. The molecule has 0 aliphatic carbocycles. The molecule has 0 radical (unpaired) electrons. The van der Waals surface area contributed by atoms with E-state index in [9.17, 15) is 15.2 Å². The van der Waals surface area contributed by atoms with Crippen LogP contribution in [0.1, 0.15) is 5.82 Å². The molecule has 8 heteroatoms. The van der Waals surface area contributed by atoms with Gasteiger partial charge in [-0.25, -0.2) is 0 Å². The van der Waals surface area contributed by atoms with Crippen molar-refractivity contribution in [3.05, 3.63) is 22.1 Å². The van der Waals surface area contributed by atoms with Crippen LogP contribution in [0.3, 0.4) is 0 Å². The number of hydrogen-bond acceptors (Lipinski definition) is 5. The van der Waals surface area contributed by atoms with Crippen LogP contribution in [-0.4, -0.2) is 43.2 Å². The lowest BCUT2D eigenvalue weighted by atomic mass is 10.3. The summed E-state index contributed by atoms with van der Waals surface area (Å²) < 4.78 is 2.56. The van der Waals surface area contributed by atoms with E-state index in [1.54, 1.807) is 11.5 Å². The summed E-state index contributed by atoms with van der Waals surface area (Å²) in [4.78, 5) is 13.8. The molecule has 1 unspecified atom stereocenters. The van der Waals surface area contributed by atoms with E-state index in [0.29, 0.717) is 18.9 Å². The molecule has 1 aromatic heterocycles. The second kappa shape index (κ2) is 6.87. The molecular weight excluding hydrogens is 339 g/mol. The van der Waals surface area contributed by atoms with Crippen molar-refractivity contribution in [2.45, 2.75) is 19.6 Å². The third kappa shape index (κ3) is 4.56. The van der Waals surface area contributed by atoms with E-state index in [-0.39, 0.29) is 5.82 Å². The molecule has 0 saturated carbocycles. The highest BCUT2D eigenvalue weighted by Crippen LogP contribution is 2.10. The predicted molar refractivity (Wildman–Crippen MR) is 71.4 cm³/mol. The largest absolute Gasteiger partial charge is 0.390 e. The van der Waals surface area contributed by atoms with Crippen LogP contribution in [0.15, 0.2) is 6.20 Å². The number of aryl methyl sites for hydroxylation is 1. The van der Waals surface area contributed by atoms with E-state index in [2.05, 4.69) is 32.9 Å². The van der Waals surface area contributed by atoms with E-state index in [4.69, 9.17) is 0 Å².